The molecule has 0 aromatic rings. The lowest BCUT2D eigenvalue weighted by Crippen LogP contribution is -2.55. The van der Waals surface area contributed by atoms with Gasteiger partial charge in [-0.2, -0.15) is 0 Å². The Hall–Kier alpha value is -0.650. The Bertz CT molecular complexity index is 324. The van der Waals surface area contributed by atoms with Gasteiger partial charge in [-0.3, -0.25) is 14.6 Å². The average Bonchev–Trinajstić information content (AvgIpc) is 2.89. The molecule has 2 heterocycles. The number of likely N-dealkylation sites (N-methyl/N-ethyl adjacent to an activating group) is 1. The predicted octanol–water partition coefficient (Wildman–Crippen LogP) is 0.696. The third-order valence-corrected chi connectivity index (χ3v) is 4.71. The Morgan fingerprint density at radius 2 is 2.25 bits per heavy atom. The predicted molar refractivity (Wildman–Crippen MR) is 79.7 cm³/mol. The van der Waals surface area contributed by atoms with Gasteiger partial charge in [0.2, 0.25) is 0 Å². The first-order chi connectivity index (χ1) is 9.65. The fraction of sp³-hybridized carbons (Fsp3) is 0.933. The standard InChI is InChI=1S/C15H29N3O2/c1-4-16-14(15(19)20-3)7-9-17-11-13-6-5-8-18(13)10-12(17)2/h12-14,16H,4-11H2,1-3H3. The van der Waals surface area contributed by atoms with Crippen LogP contribution in [0, 0.1) is 0 Å². The number of carbonyl (C=O) groups is 1. The highest BCUT2D eigenvalue weighted by molar-refractivity contribution is 5.75. The summed E-state index contributed by atoms with van der Waals surface area (Å²) in [6, 6.07) is 1.16. The molecule has 2 aliphatic rings. The first kappa shape index (κ1) is 15.7. The van der Waals surface area contributed by atoms with Gasteiger partial charge in [0.15, 0.2) is 0 Å². The second-order valence-corrected chi connectivity index (χ2v) is 6.06. The molecule has 0 spiro atoms. The summed E-state index contributed by atoms with van der Waals surface area (Å²) >= 11 is 0. The largest absolute Gasteiger partial charge is 0.468 e. The lowest BCUT2D eigenvalue weighted by Gasteiger charge is -2.42. The molecule has 0 amide bonds. The Kier molecular flexibility index (Phi) is 5.81. The molecule has 2 aliphatic heterocycles. The molecule has 0 saturated carbocycles. The summed E-state index contributed by atoms with van der Waals surface area (Å²) in [7, 11) is 1.46. The molecule has 0 aliphatic carbocycles. The molecule has 0 bridgehead atoms. The van der Waals surface area contributed by atoms with Gasteiger partial charge >= 0.3 is 5.97 Å². The topological polar surface area (TPSA) is 44.8 Å². The quantitative estimate of drug-likeness (QED) is 0.727. The van der Waals surface area contributed by atoms with Crippen molar-refractivity contribution in [2.75, 3.05) is 39.8 Å². The van der Waals surface area contributed by atoms with Crippen molar-refractivity contribution in [1.82, 2.24) is 15.1 Å². The van der Waals surface area contributed by atoms with Gasteiger partial charge in [-0.1, -0.05) is 6.92 Å². The molecule has 0 aromatic heterocycles. The van der Waals surface area contributed by atoms with Gasteiger partial charge in [-0.05, 0) is 39.3 Å². The van der Waals surface area contributed by atoms with Crippen LogP contribution in [0.3, 0.4) is 0 Å². The molecule has 5 heteroatoms. The van der Waals surface area contributed by atoms with Crippen LogP contribution in [0.25, 0.3) is 0 Å². The highest BCUT2D eigenvalue weighted by Gasteiger charge is 2.34. The number of fused-ring (bicyclic) bond motifs is 1. The first-order valence-corrected chi connectivity index (χ1v) is 7.95. The van der Waals surface area contributed by atoms with Crippen molar-refractivity contribution in [3.05, 3.63) is 0 Å². The molecule has 116 valence electrons. The van der Waals surface area contributed by atoms with Gasteiger partial charge in [0, 0.05) is 31.7 Å². The number of methoxy groups -OCH3 is 1. The normalized spacial score (nSPS) is 29.1. The van der Waals surface area contributed by atoms with E-state index in [1.54, 1.807) is 0 Å². The van der Waals surface area contributed by atoms with Gasteiger partial charge in [0.25, 0.3) is 0 Å². The number of rotatable bonds is 6. The highest BCUT2D eigenvalue weighted by Crippen LogP contribution is 2.24. The van der Waals surface area contributed by atoms with Crippen molar-refractivity contribution in [2.45, 2.75) is 51.2 Å². The van der Waals surface area contributed by atoms with E-state index >= 15 is 0 Å². The van der Waals surface area contributed by atoms with E-state index in [0.29, 0.717) is 6.04 Å². The maximum atomic E-state index is 11.7. The van der Waals surface area contributed by atoms with Crippen LogP contribution in [0.1, 0.15) is 33.1 Å². The fourth-order valence-electron chi connectivity index (χ4n) is 3.55. The lowest BCUT2D eigenvalue weighted by atomic mass is 10.1. The molecular weight excluding hydrogens is 254 g/mol. The van der Waals surface area contributed by atoms with Gasteiger partial charge in [0.05, 0.1) is 7.11 Å². The van der Waals surface area contributed by atoms with E-state index in [1.165, 1.54) is 33.0 Å². The van der Waals surface area contributed by atoms with Crippen molar-refractivity contribution in [2.24, 2.45) is 0 Å². The van der Waals surface area contributed by atoms with Gasteiger partial charge in [0.1, 0.15) is 6.04 Å². The minimum atomic E-state index is -0.168. The van der Waals surface area contributed by atoms with Crippen LogP contribution in [0.5, 0.6) is 0 Å². The number of piperazine rings is 1. The zero-order valence-corrected chi connectivity index (χ0v) is 13.1. The average molecular weight is 283 g/mol. The number of nitrogens with one attached hydrogen (secondary N) is 1. The zero-order valence-electron chi connectivity index (χ0n) is 13.1. The van der Waals surface area contributed by atoms with Crippen molar-refractivity contribution < 1.29 is 9.53 Å². The minimum absolute atomic E-state index is 0.140. The van der Waals surface area contributed by atoms with E-state index < -0.39 is 0 Å². The summed E-state index contributed by atoms with van der Waals surface area (Å²) in [6.07, 6.45) is 3.50. The number of hydrogen-bond donors (Lipinski definition) is 1. The zero-order chi connectivity index (χ0) is 14.5. The third-order valence-electron chi connectivity index (χ3n) is 4.71. The molecular formula is C15H29N3O2. The summed E-state index contributed by atoms with van der Waals surface area (Å²) in [5.41, 5.74) is 0. The van der Waals surface area contributed by atoms with Gasteiger partial charge in [-0.15, -0.1) is 0 Å². The monoisotopic (exact) mass is 283 g/mol. The van der Waals surface area contributed by atoms with Crippen LogP contribution >= 0.6 is 0 Å². The lowest BCUT2D eigenvalue weighted by molar-refractivity contribution is -0.143. The first-order valence-electron chi connectivity index (χ1n) is 7.95. The second-order valence-electron chi connectivity index (χ2n) is 6.06. The van der Waals surface area contributed by atoms with Gasteiger partial charge in [-0.25, -0.2) is 0 Å². The van der Waals surface area contributed by atoms with Crippen LogP contribution in [-0.4, -0.2) is 73.7 Å². The third kappa shape index (κ3) is 3.71. The van der Waals surface area contributed by atoms with E-state index in [9.17, 15) is 4.79 Å². The molecule has 2 fully saturated rings. The highest BCUT2D eigenvalue weighted by atomic mass is 16.5. The Morgan fingerprint density at radius 3 is 2.95 bits per heavy atom. The number of ether oxygens (including phenoxy) is 1. The number of hydrogen-bond acceptors (Lipinski definition) is 5. The molecule has 20 heavy (non-hydrogen) atoms. The summed E-state index contributed by atoms with van der Waals surface area (Å²) in [6.45, 7) is 9.69. The molecule has 3 atom stereocenters. The molecule has 3 unspecified atom stereocenters. The second kappa shape index (κ2) is 7.38. The van der Waals surface area contributed by atoms with Crippen LogP contribution in [0.4, 0.5) is 0 Å². The van der Waals surface area contributed by atoms with Crippen molar-refractivity contribution in [3.63, 3.8) is 0 Å². The van der Waals surface area contributed by atoms with Crippen LogP contribution in [0.2, 0.25) is 0 Å². The molecule has 5 nitrogen and oxygen atoms in total. The van der Waals surface area contributed by atoms with Crippen LogP contribution < -0.4 is 5.32 Å². The number of esters is 1. The number of carbonyl (C=O) groups excluding carboxylic acids is 1. The Morgan fingerprint density at radius 1 is 1.45 bits per heavy atom. The molecule has 1 N–H and O–H groups in total. The SMILES string of the molecule is CCNC(CCN1CC2CCCN2CC1C)C(=O)OC. The van der Waals surface area contributed by atoms with Crippen LogP contribution in [0.15, 0.2) is 0 Å². The summed E-state index contributed by atoms with van der Waals surface area (Å²) in [5.74, 6) is -0.140. The van der Waals surface area contributed by atoms with E-state index in [1.807, 2.05) is 6.92 Å². The molecule has 0 aromatic carbocycles. The van der Waals surface area contributed by atoms with Crippen molar-refractivity contribution >= 4 is 5.97 Å². The minimum Gasteiger partial charge on any atom is -0.468 e. The van der Waals surface area contributed by atoms with E-state index in [2.05, 4.69) is 22.0 Å². The molecule has 0 radical (unpaired) electrons. The molecule has 2 rings (SSSR count). The van der Waals surface area contributed by atoms with E-state index in [0.717, 1.165) is 32.1 Å². The maximum absolute atomic E-state index is 11.7. The fourth-order valence-corrected chi connectivity index (χ4v) is 3.55. The van der Waals surface area contributed by atoms with Crippen LogP contribution in [-0.2, 0) is 9.53 Å². The van der Waals surface area contributed by atoms with Crippen molar-refractivity contribution in [3.8, 4) is 0 Å². The van der Waals surface area contributed by atoms with E-state index in [-0.39, 0.29) is 12.0 Å². The maximum Gasteiger partial charge on any atom is 0.322 e. The summed E-state index contributed by atoms with van der Waals surface area (Å²) < 4.78 is 4.87. The van der Waals surface area contributed by atoms with E-state index in [4.69, 9.17) is 4.74 Å². The number of nitrogens with zero attached hydrogens (tertiary/aromatic N) is 2. The van der Waals surface area contributed by atoms with Gasteiger partial charge < -0.3 is 10.1 Å². The smallest absolute Gasteiger partial charge is 0.322 e. The Labute approximate surface area is 122 Å². The molecule has 2 saturated heterocycles. The Balaban J connectivity index is 1.83. The summed E-state index contributed by atoms with van der Waals surface area (Å²) in [5, 5.41) is 3.22. The van der Waals surface area contributed by atoms with Crippen molar-refractivity contribution in [1.29, 1.82) is 0 Å². The summed E-state index contributed by atoms with van der Waals surface area (Å²) in [4.78, 5) is 16.9.